The highest BCUT2D eigenvalue weighted by Gasteiger charge is 2.35. The molecule has 0 spiro atoms. The van der Waals surface area contributed by atoms with Crippen LogP contribution in [0.1, 0.15) is 18.2 Å². The van der Waals surface area contributed by atoms with Crippen molar-refractivity contribution in [1.82, 2.24) is 25.6 Å². The summed E-state index contributed by atoms with van der Waals surface area (Å²) in [5.74, 6) is -0.374. The zero-order valence-corrected chi connectivity index (χ0v) is 14.4. The number of carbonyl (C=O) groups excluding carboxylic acids is 1. The summed E-state index contributed by atoms with van der Waals surface area (Å²) in [6, 6.07) is 7.70. The standard InChI is InChI=1S/C18H21N5O3/c1-18(23-17(25)26,16(24)20-7-6-13-10-19-11-22-13)8-12-9-21-15-5-3-2-4-14(12)15/h2-5,9-11,21,23H,6-8H2,1H3,(H,19,22)(H,20,24)(H,25,26). The van der Waals surface area contributed by atoms with Crippen LogP contribution in [-0.2, 0) is 17.6 Å². The van der Waals surface area contributed by atoms with Gasteiger partial charge >= 0.3 is 6.09 Å². The molecule has 2 heterocycles. The Bertz CT molecular complexity index is 903. The predicted molar refractivity (Wildman–Crippen MR) is 96.9 cm³/mol. The summed E-state index contributed by atoms with van der Waals surface area (Å²) in [4.78, 5) is 34.1. The Morgan fingerprint density at radius 1 is 1.27 bits per heavy atom. The molecular formula is C18H21N5O3. The van der Waals surface area contributed by atoms with Crippen LogP contribution >= 0.6 is 0 Å². The van der Waals surface area contributed by atoms with Gasteiger partial charge in [0, 0.05) is 42.7 Å². The molecule has 3 aromatic rings. The van der Waals surface area contributed by atoms with Gasteiger partial charge in [-0.25, -0.2) is 9.78 Å². The summed E-state index contributed by atoms with van der Waals surface area (Å²) in [5.41, 5.74) is 1.36. The second-order valence-electron chi connectivity index (χ2n) is 6.36. The number of hydrogen-bond acceptors (Lipinski definition) is 3. The second-order valence-corrected chi connectivity index (χ2v) is 6.36. The van der Waals surface area contributed by atoms with Gasteiger partial charge in [0.15, 0.2) is 0 Å². The summed E-state index contributed by atoms with van der Waals surface area (Å²) >= 11 is 0. The third-order valence-corrected chi connectivity index (χ3v) is 4.32. The monoisotopic (exact) mass is 355 g/mol. The number of carboxylic acid groups (broad SMARTS) is 1. The van der Waals surface area contributed by atoms with Crippen molar-refractivity contribution in [3.63, 3.8) is 0 Å². The summed E-state index contributed by atoms with van der Waals surface area (Å²) in [7, 11) is 0. The van der Waals surface area contributed by atoms with Gasteiger partial charge in [0.25, 0.3) is 0 Å². The number of fused-ring (bicyclic) bond motifs is 1. The van der Waals surface area contributed by atoms with Crippen LogP contribution in [-0.4, -0.2) is 44.1 Å². The number of benzene rings is 1. The van der Waals surface area contributed by atoms with Crippen molar-refractivity contribution in [3.05, 3.63) is 54.2 Å². The number of imidazole rings is 1. The maximum absolute atomic E-state index is 12.7. The quantitative estimate of drug-likeness (QED) is 0.443. The van der Waals surface area contributed by atoms with Crippen molar-refractivity contribution >= 4 is 22.9 Å². The molecule has 2 aromatic heterocycles. The van der Waals surface area contributed by atoms with E-state index in [1.807, 2.05) is 30.5 Å². The van der Waals surface area contributed by atoms with Gasteiger partial charge in [-0.3, -0.25) is 4.79 Å². The molecule has 1 unspecified atom stereocenters. The number of H-pyrrole nitrogens is 2. The minimum absolute atomic E-state index is 0.234. The molecule has 0 aliphatic heterocycles. The van der Waals surface area contributed by atoms with Crippen molar-refractivity contribution in [3.8, 4) is 0 Å². The summed E-state index contributed by atoms with van der Waals surface area (Å²) in [6.07, 6.45) is 4.69. The van der Waals surface area contributed by atoms with Gasteiger partial charge in [0.1, 0.15) is 5.54 Å². The van der Waals surface area contributed by atoms with Crippen molar-refractivity contribution < 1.29 is 14.7 Å². The SMILES string of the molecule is CC(Cc1c[nH]c2ccccc12)(NC(=O)O)C(=O)NCCc1c[nH]cn1. The smallest absolute Gasteiger partial charge is 0.405 e. The normalized spacial score (nSPS) is 13.3. The van der Waals surface area contributed by atoms with E-state index in [0.29, 0.717) is 13.0 Å². The lowest BCUT2D eigenvalue weighted by molar-refractivity contribution is -0.126. The number of hydrogen-bond donors (Lipinski definition) is 5. The summed E-state index contributed by atoms with van der Waals surface area (Å²) in [5, 5.41) is 15.3. The Morgan fingerprint density at radius 2 is 2.08 bits per heavy atom. The molecule has 26 heavy (non-hydrogen) atoms. The number of nitrogens with one attached hydrogen (secondary N) is 4. The minimum atomic E-state index is -1.29. The molecule has 1 aromatic carbocycles. The van der Waals surface area contributed by atoms with Crippen LogP contribution in [0.3, 0.4) is 0 Å². The third-order valence-electron chi connectivity index (χ3n) is 4.32. The average molecular weight is 355 g/mol. The lowest BCUT2D eigenvalue weighted by Crippen LogP contribution is -2.58. The fraction of sp³-hybridized carbons (Fsp3) is 0.278. The molecule has 0 aliphatic rings. The molecule has 0 saturated carbocycles. The van der Waals surface area contributed by atoms with Gasteiger partial charge in [-0.05, 0) is 18.6 Å². The van der Waals surface area contributed by atoms with E-state index in [1.54, 1.807) is 19.4 Å². The number of para-hydroxylation sites is 1. The first-order chi connectivity index (χ1) is 12.5. The van der Waals surface area contributed by atoms with Gasteiger partial charge < -0.3 is 25.7 Å². The first-order valence-corrected chi connectivity index (χ1v) is 8.30. The number of amides is 2. The van der Waals surface area contributed by atoms with Gasteiger partial charge in [-0.2, -0.15) is 0 Å². The topological polar surface area (TPSA) is 123 Å². The van der Waals surface area contributed by atoms with E-state index in [-0.39, 0.29) is 12.3 Å². The van der Waals surface area contributed by atoms with Gasteiger partial charge in [0.2, 0.25) is 5.91 Å². The molecule has 0 fully saturated rings. The molecule has 1 atom stereocenters. The highest BCUT2D eigenvalue weighted by atomic mass is 16.4. The van der Waals surface area contributed by atoms with Gasteiger partial charge in [0.05, 0.1) is 12.0 Å². The number of nitrogens with zero attached hydrogens (tertiary/aromatic N) is 1. The Morgan fingerprint density at radius 3 is 2.81 bits per heavy atom. The second kappa shape index (κ2) is 7.30. The Labute approximate surface area is 150 Å². The van der Waals surface area contributed by atoms with E-state index in [2.05, 4.69) is 25.6 Å². The highest BCUT2D eigenvalue weighted by molar-refractivity contribution is 5.91. The lowest BCUT2D eigenvalue weighted by Gasteiger charge is -2.28. The first-order valence-electron chi connectivity index (χ1n) is 8.30. The van der Waals surface area contributed by atoms with E-state index < -0.39 is 11.6 Å². The van der Waals surface area contributed by atoms with E-state index >= 15 is 0 Å². The van der Waals surface area contributed by atoms with E-state index in [4.69, 9.17) is 0 Å². The van der Waals surface area contributed by atoms with E-state index in [1.165, 1.54) is 0 Å². The van der Waals surface area contributed by atoms with Crippen LogP contribution < -0.4 is 10.6 Å². The van der Waals surface area contributed by atoms with E-state index in [9.17, 15) is 14.7 Å². The molecule has 2 amide bonds. The number of rotatable bonds is 7. The zero-order valence-electron chi connectivity index (χ0n) is 14.4. The molecule has 0 aliphatic carbocycles. The average Bonchev–Trinajstić information content (AvgIpc) is 3.24. The first kappa shape index (κ1) is 17.5. The molecule has 136 valence electrons. The van der Waals surface area contributed by atoms with Crippen LogP contribution in [0.2, 0.25) is 0 Å². The molecular weight excluding hydrogens is 334 g/mol. The van der Waals surface area contributed by atoms with Crippen LogP contribution in [0, 0.1) is 0 Å². The fourth-order valence-corrected chi connectivity index (χ4v) is 3.00. The van der Waals surface area contributed by atoms with Crippen LogP contribution in [0.4, 0.5) is 4.79 Å². The summed E-state index contributed by atoms with van der Waals surface area (Å²) < 4.78 is 0. The van der Waals surface area contributed by atoms with Crippen molar-refractivity contribution in [1.29, 1.82) is 0 Å². The van der Waals surface area contributed by atoms with Gasteiger partial charge in [-0.15, -0.1) is 0 Å². The Balaban J connectivity index is 1.74. The maximum Gasteiger partial charge on any atom is 0.405 e. The van der Waals surface area contributed by atoms with Crippen molar-refractivity contribution in [2.45, 2.75) is 25.3 Å². The Hall–Kier alpha value is -3.29. The molecule has 0 saturated heterocycles. The van der Waals surface area contributed by atoms with Crippen LogP contribution in [0.15, 0.2) is 43.0 Å². The molecule has 0 bridgehead atoms. The Kier molecular flexibility index (Phi) is 4.92. The third kappa shape index (κ3) is 3.85. The zero-order chi connectivity index (χ0) is 18.6. The van der Waals surface area contributed by atoms with Gasteiger partial charge in [-0.1, -0.05) is 18.2 Å². The lowest BCUT2D eigenvalue weighted by atomic mass is 9.91. The molecule has 0 radical (unpaired) electrons. The predicted octanol–water partition coefficient (Wildman–Crippen LogP) is 1.82. The van der Waals surface area contributed by atoms with E-state index in [0.717, 1.165) is 22.2 Å². The van der Waals surface area contributed by atoms with Crippen molar-refractivity contribution in [2.24, 2.45) is 0 Å². The minimum Gasteiger partial charge on any atom is -0.465 e. The number of aromatic amines is 2. The maximum atomic E-state index is 12.7. The van der Waals surface area contributed by atoms with Crippen LogP contribution in [0.25, 0.3) is 10.9 Å². The molecule has 8 heteroatoms. The number of carbonyl (C=O) groups is 2. The van der Waals surface area contributed by atoms with Crippen LogP contribution in [0.5, 0.6) is 0 Å². The van der Waals surface area contributed by atoms with Crippen molar-refractivity contribution in [2.75, 3.05) is 6.54 Å². The summed E-state index contributed by atoms with van der Waals surface area (Å²) in [6.45, 7) is 1.96. The molecule has 3 rings (SSSR count). The fourth-order valence-electron chi connectivity index (χ4n) is 3.00. The number of aromatic nitrogens is 3. The molecule has 8 nitrogen and oxygen atoms in total. The largest absolute Gasteiger partial charge is 0.465 e. The highest BCUT2D eigenvalue weighted by Crippen LogP contribution is 2.23. The molecule has 5 N–H and O–H groups in total.